The van der Waals surface area contributed by atoms with Gasteiger partial charge in [0.1, 0.15) is 5.75 Å². The summed E-state index contributed by atoms with van der Waals surface area (Å²) in [5, 5.41) is 0. The van der Waals surface area contributed by atoms with Crippen LogP contribution < -0.4 is 10.5 Å². The predicted octanol–water partition coefficient (Wildman–Crippen LogP) is 2.90. The number of ether oxygens (including phenoxy) is 2. The highest BCUT2D eigenvalue weighted by Crippen LogP contribution is 2.32. The van der Waals surface area contributed by atoms with E-state index >= 15 is 0 Å². The molecule has 0 radical (unpaired) electrons. The Balaban J connectivity index is 2.98. The van der Waals surface area contributed by atoms with E-state index in [9.17, 15) is 0 Å². The molecule has 1 aromatic rings. The number of hydrogen-bond donors (Lipinski definition) is 1. The molecule has 0 aromatic heterocycles. The van der Waals surface area contributed by atoms with Crippen molar-refractivity contribution in [1.82, 2.24) is 0 Å². The highest BCUT2D eigenvalue weighted by Gasteiger charge is 2.30. The standard InChI is InChI=1S/C14H23NO2/c1-5-16-12-10-8-7-9-11(12)13(15)14(3,4)17-6-2/h7-10,13H,5-6,15H2,1-4H3. The largest absolute Gasteiger partial charge is 0.494 e. The molecule has 1 atom stereocenters. The molecule has 0 aliphatic rings. The molecule has 0 saturated heterocycles. The molecule has 0 saturated carbocycles. The van der Waals surface area contributed by atoms with Gasteiger partial charge in [-0.2, -0.15) is 0 Å². The van der Waals surface area contributed by atoms with Gasteiger partial charge in [0, 0.05) is 12.2 Å². The van der Waals surface area contributed by atoms with Crippen LogP contribution in [0.15, 0.2) is 24.3 Å². The molecule has 0 amide bonds. The van der Waals surface area contributed by atoms with Crippen molar-refractivity contribution < 1.29 is 9.47 Å². The molecule has 1 rings (SSSR count). The quantitative estimate of drug-likeness (QED) is 0.827. The highest BCUT2D eigenvalue weighted by molar-refractivity contribution is 5.37. The van der Waals surface area contributed by atoms with Gasteiger partial charge in [-0.3, -0.25) is 0 Å². The first kappa shape index (κ1) is 14.0. The first-order chi connectivity index (χ1) is 8.03. The summed E-state index contributed by atoms with van der Waals surface area (Å²) in [6.45, 7) is 9.24. The number of hydrogen-bond acceptors (Lipinski definition) is 3. The van der Waals surface area contributed by atoms with Crippen molar-refractivity contribution in [3.05, 3.63) is 29.8 Å². The average Bonchev–Trinajstić information content (AvgIpc) is 2.29. The van der Waals surface area contributed by atoms with E-state index in [-0.39, 0.29) is 6.04 Å². The molecule has 17 heavy (non-hydrogen) atoms. The number of rotatable bonds is 6. The predicted molar refractivity (Wildman–Crippen MR) is 70.2 cm³/mol. The van der Waals surface area contributed by atoms with Crippen LogP contribution in [0.5, 0.6) is 5.75 Å². The lowest BCUT2D eigenvalue weighted by Crippen LogP contribution is -2.38. The lowest BCUT2D eigenvalue weighted by Gasteiger charge is -2.32. The van der Waals surface area contributed by atoms with Gasteiger partial charge in [0.05, 0.1) is 18.2 Å². The smallest absolute Gasteiger partial charge is 0.124 e. The second-order valence-electron chi connectivity index (χ2n) is 4.48. The van der Waals surface area contributed by atoms with Crippen molar-refractivity contribution in [3.63, 3.8) is 0 Å². The summed E-state index contributed by atoms with van der Waals surface area (Å²) < 4.78 is 11.3. The highest BCUT2D eigenvalue weighted by atomic mass is 16.5. The van der Waals surface area contributed by atoms with Crippen molar-refractivity contribution in [3.8, 4) is 5.75 Å². The number of benzene rings is 1. The van der Waals surface area contributed by atoms with Crippen LogP contribution in [0.25, 0.3) is 0 Å². The van der Waals surface area contributed by atoms with Gasteiger partial charge in [0.15, 0.2) is 0 Å². The topological polar surface area (TPSA) is 44.5 Å². The Labute approximate surface area is 104 Å². The maximum absolute atomic E-state index is 6.28. The van der Waals surface area contributed by atoms with E-state index in [2.05, 4.69) is 0 Å². The maximum Gasteiger partial charge on any atom is 0.124 e. The van der Waals surface area contributed by atoms with Gasteiger partial charge in [-0.25, -0.2) is 0 Å². The molecule has 1 aromatic carbocycles. The molecule has 0 aliphatic carbocycles. The minimum absolute atomic E-state index is 0.204. The Morgan fingerprint density at radius 2 is 1.82 bits per heavy atom. The second-order valence-corrected chi connectivity index (χ2v) is 4.48. The zero-order chi connectivity index (χ0) is 12.9. The molecule has 0 heterocycles. The molecule has 0 aliphatic heterocycles. The summed E-state index contributed by atoms with van der Waals surface area (Å²) in [5.74, 6) is 0.843. The van der Waals surface area contributed by atoms with Gasteiger partial charge >= 0.3 is 0 Å². The minimum Gasteiger partial charge on any atom is -0.494 e. The van der Waals surface area contributed by atoms with E-state index in [0.717, 1.165) is 11.3 Å². The molecule has 0 fully saturated rings. The van der Waals surface area contributed by atoms with Crippen molar-refractivity contribution in [2.75, 3.05) is 13.2 Å². The number of para-hydroxylation sites is 1. The summed E-state index contributed by atoms with van der Waals surface area (Å²) in [5.41, 5.74) is 6.88. The molecule has 96 valence electrons. The van der Waals surface area contributed by atoms with Crippen LogP contribution >= 0.6 is 0 Å². The van der Waals surface area contributed by atoms with Crippen LogP contribution in [-0.4, -0.2) is 18.8 Å². The van der Waals surface area contributed by atoms with E-state index in [1.807, 2.05) is 52.0 Å². The Kier molecular flexibility index (Phi) is 4.97. The fourth-order valence-electron chi connectivity index (χ4n) is 1.86. The van der Waals surface area contributed by atoms with Crippen LogP contribution in [0.3, 0.4) is 0 Å². The van der Waals surface area contributed by atoms with Crippen LogP contribution in [0.1, 0.15) is 39.3 Å². The summed E-state index contributed by atoms with van der Waals surface area (Å²) in [6.07, 6.45) is 0. The molecule has 3 heteroatoms. The minimum atomic E-state index is -0.401. The monoisotopic (exact) mass is 237 g/mol. The van der Waals surface area contributed by atoms with Crippen LogP contribution in [0.4, 0.5) is 0 Å². The summed E-state index contributed by atoms with van der Waals surface area (Å²) in [7, 11) is 0. The fourth-order valence-corrected chi connectivity index (χ4v) is 1.86. The van der Waals surface area contributed by atoms with E-state index < -0.39 is 5.60 Å². The number of nitrogens with two attached hydrogens (primary N) is 1. The van der Waals surface area contributed by atoms with Gasteiger partial charge in [-0.15, -0.1) is 0 Å². The van der Waals surface area contributed by atoms with E-state index in [1.165, 1.54) is 0 Å². The Hall–Kier alpha value is -1.06. The van der Waals surface area contributed by atoms with Crippen molar-refractivity contribution in [2.24, 2.45) is 5.73 Å². The molecule has 1 unspecified atom stereocenters. The second kappa shape index (κ2) is 6.03. The third kappa shape index (κ3) is 3.45. The molecular weight excluding hydrogens is 214 g/mol. The molecule has 0 bridgehead atoms. The Morgan fingerprint density at radius 3 is 2.41 bits per heavy atom. The van der Waals surface area contributed by atoms with E-state index in [0.29, 0.717) is 13.2 Å². The SMILES string of the molecule is CCOc1ccccc1C(N)C(C)(C)OCC. The van der Waals surface area contributed by atoms with Crippen molar-refractivity contribution >= 4 is 0 Å². The maximum atomic E-state index is 6.28. The van der Waals surface area contributed by atoms with E-state index in [1.54, 1.807) is 0 Å². The Bertz CT molecular complexity index is 350. The van der Waals surface area contributed by atoms with Gasteiger partial charge in [-0.05, 0) is 33.8 Å². The summed E-state index contributed by atoms with van der Waals surface area (Å²) in [6, 6.07) is 7.66. The van der Waals surface area contributed by atoms with Gasteiger partial charge in [0.2, 0.25) is 0 Å². The zero-order valence-corrected chi connectivity index (χ0v) is 11.2. The summed E-state index contributed by atoms with van der Waals surface area (Å²) in [4.78, 5) is 0. The van der Waals surface area contributed by atoms with Crippen LogP contribution in [0.2, 0.25) is 0 Å². The van der Waals surface area contributed by atoms with Crippen molar-refractivity contribution in [1.29, 1.82) is 0 Å². The first-order valence-electron chi connectivity index (χ1n) is 6.14. The average molecular weight is 237 g/mol. The Morgan fingerprint density at radius 1 is 1.18 bits per heavy atom. The van der Waals surface area contributed by atoms with Gasteiger partial charge < -0.3 is 15.2 Å². The third-order valence-electron chi connectivity index (χ3n) is 2.82. The summed E-state index contributed by atoms with van der Waals surface area (Å²) >= 11 is 0. The molecular formula is C14H23NO2. The molecule has 2 N–H and O–H groups in total. The fraction of sp³-hybridized carbons (Fsp3) is 0.571. The van der Waals surface area contributed by atoms with Crippen molar-refractivity contribution in [2.45, 2.75) is 39.3 Å². The van der Waals surface area contributed by atoms with E-state index in [4.69, 9.17) is 15.2 Å². The molecule has 3 nitrogen and oxygen atoms in total. The van der Waals surface area contributed by atoms with Gasteiger partial charge in [-0.1, -0.05) is 18.2 Å². The third-order valence-corrected chi connectivity index (χ3v) is 2.82. The van der Waals surface area contributed by atoms with Crippen LogP contribution in [0, 0.1) is 0 Å². The van der Waals surface area contributed by atoms with Gasteiger partial charge in [0.25, 0.3) is 0 Å². The normalized spacial score (nSPS) is 13.5. The molecule has 0 spiro atoms. The van der Waals surface area contributed by atoms with Crippen LogP contribution in [-0.2, 0) is 4.74 Å². The lowest BCUT2D eigenvalue weighted by atomic mass is 9.92. The first-order valence-corrected chi connectivity index (χ1v) is 6.14. The zero-order valence-electron chi connectivity index (χ0n) is 11.2. The lowest BCUT2D eigenvalue weighted by molar-refractivity contribution is -0.0303.